The number of amides is 1. The number of hydrogen-bond donors (Lipinski definition) is 3. The fourth-order valence-corrected chi connectivity index (χ4v) is 5.46. The number of nitrogens with one attached hydrogen (secondary N) is 2. The number of aliphatic imine (C=N–C) groups is 1. The van der Waals surface area contributed by atoms with Crippen LogP contribution in [0.2, 0.25) is 5.02 Å². The van der Waals surface area contributed by atoms with Crippen LogP contribution in [0.15, 0.2) is 53.3 Å². The Labute approximate surface area is 184 Å². The lowest BCUT2D eigenvalue weighted by atomic mass is 10.0. The van der Waals surface area contributed by atoms with E-state index in [-0.39, 0.29) is 29.7 Å². The number of H-pyrrole nitrogens is 1. The minimum atomic E-state index is -0.179. The van der Waals surface area contributed by atoms with E-state index in [1.165, 1.54) is 5.70 Å². The number of fused-ring (bicyclic) bond motifs is 2. The number of thioether (sulfide) groups is 1. The normalized spacial score (nSPS) is 24.0. The van der Waals surface area contributed by atoms with E-state index in [4.69, 9.17) is 11.6 Å². The third-order valence-electron chi connectivity index (χ3n) is 5.81. The van der Waals surface area contributed by atoms with Gasteiger partial charge in [0.05, 0.1) is 23.8 Å². The van der Waals surface area contributed by atoms with E-state index in [1.54, 1.807) is 11.8 Å². The van der Waals surface area contributed by atoms with Gasteiger partial charge in [0.15, 0.2) is 5.17 Å². The molecule has 1 aromatic heterocycles. The van der Waals surface area contributed by atoms with Gasteiger partial charge in [-0.1, -0.05) is 29.4 Å². The molecule has 1 aliphatic carbocycles. The molecule has 0 bridgehead atoms. The standard InChI is InChI=1S/C22H23ClN4O2S/c23-14-1-3-18-17(10-14)13(12-24-18)9-21(29)26-22-25-19-4-2-15(11-20(19)30-22)27-7-5-16(28)6-8-27/h1-4,10-12,16,19-20,24,28H,5-9H2,(H,25,26,29)/t19-,20?/m0/s1. The molecule has 0 radical (unpaired) electrons. The van der Waals surface area contributed by atoms with Gasteiger partial charge >= 0.3 is 0 Å². The zero-order valence-electron chi connectivity index (χ0n) is 16.3. The molecule has 2 aliphatic heterocycles. The van der Waals surface area contributed by atoms with E-state index in [0.717, 1.165) is 42.4 Å². The molecule has 3 aliphatic rings. The predicted molar refractivity (Wildman–Crippen MR) is 122 cm³/mol. The molecule has 5 rings (SSSR count). The number of likely N-dealkylation sites (tertiary alicyclic amines) is 1. The van der Waals surface area contributed by atoms with Crippen molar-refractivity contribution in [3.63, 3.8) is 0 Å². The molecule has 2 atom stereocenters. The molecule has 3 heterocycles. The molecule has 1 aromatic carbocycles. The summed E-state index contributed by atoms with van der Waals surface area (Å²) in [5.74, 6) is -0.0843. The maximum Gasteiger partial charge on any atom is 0.230 e. The summed E-state index contributed by atoms with van der Waals surface area (Å²) in [6.07, 6.45) is 10.0. The SMILES string of the molecule is O=C(Cc1c[nH]c2ccc(Cl)cc12)NC1=N[C@H]2C=CC(N3CCC(O)CC3)=CC2S1. The Morgan fingerprint density at radius 2 is 2.20 bits per heavy atom. The average molecular weight is 443 g/mol. The lowest BCUT2D eigenvalue weighted by Crippen LogP contribution is -2.36. The van der Waals surface area contributed by atoms with Crippen molar-refractivity contribution in [2.45, 2.75) is 36.7 Å². The number of nitrogens with zero attached hydrogens (tertiary/aromatic N) is 2. The third-order valence-corrected chi connectivity index (χ3v) is 7.16. The van der Waals surface area contributed by atoms with Crippen molar-refractivity contribution in [2.75, 3.05) is 13.1 Å². The molecular formula is C22H23ClN4O2S. The summed E-state index contributed by atoms with van der Waals surface area (Å²) >= 11 is 7.70. The highest BCUT2D eigenvalue weighted by Gasteiger charge is 2.31. The molecule has 6 nitrogen and oxygen atoms in total. The first-order valence-electron chi connectivity index (χ1n) is 10.2. The minimum Gasteiger partial charge on any atom is -0.393 e. The van der Waals surface area contributed by atoms with Crippen molar-refractivity contribution in [3.8, 4) is 0 Å². The van der Waals surface area contributed by atoms with Gasteiger partial charge in [-0.2, -0.15) is 0 Å². The highest BCUT2D eigenvalue weighted by molar-refractivity contribution is 8.14. The number of aliphatic hydroxyl groups excluding tert-OH is 1. The largest absolute Gasteiger partial charge is 0.393 e. The number of carbonyl (C=O) groups is 1. The van der Waals surface area contributed by atoms with E-state index in [9.17, 15) is 9.90 Å². The zero-order chi connectivity index (χ0) is 20.7. The molecule has 30 heavy (non-hydrogen) atoms. The first kappa shape index (κ1) is 19.7. The molecule has 1 saturated heterocycles. The first-order valence-corrected chi connectivity index (χ1v) is 11.4. The van der Waals surface area contributed by atoms with Gasteiger partial charge in [0.2, 0.25) is 5.91 Å². The lowest BCUT2D eigenvalue weighted by molar-refractivity contribution is -0.118. The van der Waals surface area contributed by atoms with E-state index in [2.05, 4.69) is 38.4 Å². The van der Waals surface area contributed by atoms with Crippen LogP contribution in [0, 0.1) is 0 Å². The Bertz CT molecular complexity index is 1070. The molecule has 1 unspecified atom stereocenters. The van der Waals surface area contributed by atoms with Crippen LogP contribution >= 0.6 is 23.4 Å². The van der Waals surface area contributed by atoms with Crippen molar-refractivity contribution in [2.24, 2.45) is 4.99 Å². The summed E-state index contributed by atoms with van der Waals surface area (Å²) in [5.41, 5.74) is 3.07. The van der Waals surface area contributed by atoms with Gasteiger partial charge in [-0.05, 0) is 48.8 Å². The molecular weight excluding hydrogens is 420 g/mol. The van der Waals surface area contributed by atoms with E-state index >= 15 is 0 Å². The number of allylic oxidation sites excluding steroid dienone is 1. The van der Waals surface area contributed by atoms with Crippen LogP contribution in [0.5, 0.6) is 0 Å². The molecule has 1 amide bonds. The average Bonchev–Trinajstić information content (AvgIpc) is 3.31. The number of aromatic amines is 1. The summed E-state index contributed by atoms with van der Waals surface area (Å²) in [6.45, 7) is 1.75. The van der Waals surface area contributed by atoms with Crippen molar-refractivity contribution in [3.05, 3.63) is 58.9 Å². The Morgan fingerprint density at radius 1 is 1.37 bits per heavy atom. The molecule has 2 aromatic rings. The topological polar surface area (TPSA) is 80.7 Å². The van der Waals surface area contributed by atoms with Crippen molar-refractivity contribution < 1.29 is 9.90 Å². The molecule has 8 heteroatoms. The van der Waals surface area contributed by atoms with Gasteiger partial charge in [0.25, 0.3) is 0 Å². The predicted octanol–water partition coefficient (Wildman–Crippen LogP) is 3.23. The quantitative estimate of drug-likeness (QED) is 0.681. The van der Waals surface area contributed by atoms with Gasteiger partial charge in [0.1, 0.15) is 0 Å². The zero-order valence-corrected chi connectivity index (χ0v) is 17.9. The highest BCUT2D eigenvalue weighted by Crippen LogP contribution is 2.33. The molecule has 0 spiro atoms. The fraction of sp³-hybridized carbons (Fsp3) is 0.364. The van der Waals surface area contributed by atoms with Crippen LogP contribution in [0.25, 0.3) is 10.9 Å². The Kier molecular flexibility index (Phi) is 5.35. The number of aromatic nitrogens is 1. The summed E-state index contributed by atoms with van der Waals surface area (Å²) in [5, 5.41) is 15.2. The molecule has 1 fully saturated rings. The van der Waals surface area contributed by atoms with Gasteiger partial charge < -0.3 is 20.3 Å². The smallest absolute Gasteiger partial charge is 0.230 e. The summed E-state index contributed by atoms with van der Waals surface area (Å²) in [6, 6.07) is 5.68. The van der Waals surface area contributed by atoms with Crippen LogP contribution in [0.1, 0.15) is 18.4 Å². The fourth-order valence-electron chi connectivity index (χ4n) is 4.17. The maximum atomic E-state index is 12.6. The van der Waals surface area contributed by atoms with Crippen molar-refractivity contribution in [1.82, 2.24) is 15.2 Å². The molecule has 156 valence electrons. The monoisotopic (exact) mass is 442 g/mol. The number of halogens is 1. The van der Waals surface area contributed by atoms with Crippen LogP contribution in [0.4, 0.5) is 0 Å². The molecule has 3 N–H and O–H groups in total. The van der Waals surface area contributed by atoms with Crippen molar-refractivity contribution >= 4 is 45.3 Å². The van der Waals surface area contributed by atoms with Gasteiger partial charge in [-0.3, -0.25) is 9.79 Å². The van der Waals surface area contributed by atoms with Gasteiger partial charge in [0, 0.05) is 40.9 Å². The highest BCUT2D eigenvalue weighted by atomic mass is 35.5. The third kappa shape index (κ3) is 4.02. The lowest BCUT2D eigenvalue weighted by Gasteiger charge is -2.34. The van der Waals surface area contributed by atoms with Gasteiger partial charge in [-0.15, -0.1) is 0 Å². The number of aliphatic hydroxyl groups is 1. The summed E-state index contributed by atoms with van der Waals surface area (Å²) in [4.78, 5) is 22.8. The summed E-state index contributed by atoms with van der Waals surface area (Å²) in [7, 11) is 0. The van der Waals surface area contributed by atoms with Crippen LogP contribution in [-0.4, -0.2) is 56.6 Å². The van der Waals surface area contributed by atoms with Crippen LogP contribution < -0.4 is 5.32 Å². The van der Waals surface area contributed by atoms with Crippen LogP contribution in [0.3, 0.4) is 0 Å². The minimum absolute atomic E-state index is 0.0522. The Hall–Kier alpha value is -2.22. The van der Waals surface area contributed by atoms with E-state index < -0.39 is 0 Å². The maximum absolute atomic E-state index is 12.6. The van der Waals surface area contributed by atoms with Crippen molar-refractivity contribution in [1.29, 1.82) is 0 Å². The molecule has 0 saturated carbocycles. The Morgan fingerprint density at radius 3 is 3.03 bits per heavy atom. The van der Waals surface area contributed by atoms with Gasteiger partial charge in [-0.25, -0.2) is 0 Å². The first-order chi connectivity index (χ1) is 14.5. The summed E-state index contributed by atoms with van der Waals surface area (Å²) < 4.78 is 0. The Balaban J connectivity index is 1.21. The van der Waals surface area contributed by atoms with E-state index in [0.29, 0.717) is 10.2 Å². The number of amidine groups is 1. The number of carbonyl (C=O) groups excluding carboxylic acids is 1. The second-order valence-electron chi connectivity index (χ2n) is 7.90. The van der Waals surface area contributed by atoms with Crippen LogP contribution in [-0.2, 0) is 11.2 Å². The number of piperidine rings is 1. The number of benzene rings is 1. The second-order valence-corrected chi connectivity index (χ2v) is 9.51. The van der Waals surface area contributed by atoms with E-state index in [1.807, 2.05) is 24.4 Å². The number of hydrogen-bond acceptors (Lipinski definition) is 5. The number of rotatable bonds is 3. The second kappa shape index (κ2) is 8.13.